The second-order valence-electron chi connectivity index (χ2n) is 11.7. The number of thioether (sulfide) groups is 1. The number of para-hydroxylation sites is 1. The van der Waals surface area contributed by atoms with E-state index >= 15 is 0 Å². The maximum Gasteiger partial charge on any atom is 0.315 e. The normalized spacial score (nSPS) is 20.7. The fraction of sp³-hybridized carbons (Fsp3) is 0.455. The molecule has 238 valence electrons. The number of unbranched alkanes of at least 4 members (excludes halogenated alkanes) is 1. The molecule has 3 aliphatic heterocycles. The summed E-state index contributed by atoms with van der Waals surface area (Å²) in [5, 5.41) is 4.44. The maximum atomic E-state index is 13.4. The number of Topliss-reactive ketones (excluding diaryl/α,β-unsaturated/α-hetero) is 2. The highest BCUT2D eigenvalue weighted by Gasteiger charge is 2.42. The van der Waals surface area contributed by atoms with Crippen molar-refractivity contribution < 1.29 is 32.1 Å². The third-order valence-corrected chi connectivity index (χ3v) is 11.3. The van der Waals surface area contributed by atoms with Crippen LogP contribution < -0.4 is 15.5 Å². The van der Waals surface area contributed by atoms with Crippen LogP contribution in [-0.2, 0) is 31.0 Å². The van der Waals surface area contributed by atoms with E-state index in [0.29, 0.717) is 29.5 Å². The summed E-state index contributed by atoms with van der Waals surface area (Å²) in [6.07, 6.45) is 1.96. The van der Waals surface area contributed by atoms with Crippen molar-refractivity contribution in [3.05, 3.63) is 65.2 Å². The van der Waals surface area contributed by atoms with Gasteiger partial charge in [0, 0.05) is 47.8 Å². The van der Waals surface area contributed by atoms with E-state index in [0.717, 1.165) is 29.7 Å². The Morgan fingerprint density at radius 2 is 1.67 bits per heavy atom. The number of hydrogen-bond donors (Lipinski definition) is 3. The van der Waals surface area contributed by atoms with Crippen molar-refractivity contribution in [3.8, 4) is 11.8 Å². The molecule has 2 saturated heterocycles. The lowest BCUT2D eigenvalue weighted by molar-refractivity contribution is -0.120. The van der Waals surface area contributed by atoms with Crippen LogP contribution in [0.1, 0.15) is 74.5 Å². The van der Waals surface area contributed by atoms with Crippen LogP contribution in [-0.4, -0.2) is 64.8 Å². The first-order chi connectivity index (χ1) is 21.6. The summed E-state index contributed by atoms with van der Waals surface area (Å²) >= 11 is 1.80. The summed E-state index contributed by atoms with van der Waals surface area (Å²) in [5.41, 5.74) is 3.09. The smallest absolute Gasteiger partial charge is 0.315 e. The number of fused-ring (bicyclic) bond motifs is 3. The molecular weight excluding hydrogens is 615 g/mol. The molecule has 2 aromatic rings. The van der Waals surface area contributed by atoms with E-state index in [1.165, 1.54) is 0 Å². The molecular formula is C33H37N3O7S2. The van der Waals surface area contributed by atoms with Crippen LogP contribution in [0.4, 0.5) is 10.5 Å². The number of nitrogens with one attached hydrogen (secondary N) is 2. The highest BCUT2D eigenvalue weighted by molar-refractivity contribution is 8.00. The van der Waals surface area contributed by atoms with Gasteiger partial charge in [0.05, 0.1) is 24.3 Å². The highest BCUT2D eigenvalue weighted by Crippen LogP contribution is 2.33. The number of urea groups is 1. The van der Waals surface area contributed by atoms with Crippen molar-refractivity contribution in [3.63, 3.8) is 0 Å². The fourth-order valence-electron chi connectivity index (χ4n) is 6.12. The molecule has 5 rings (SSSR count). The lowest BCUT2D eigenvalue weighted by Gasteiger charge is -2.26. The van der Waals surface area contributed by atoms with Crippen LogP contribution in [0.15, 0.2) is 48.5 Å². The number of amides is 3. The number of carbonyl (C=O) groups is 4. The van der Waals surface area contributed by atoms with Crippen molar-refractivity contribution in [2.24, 2.45) is 0 Å². The number of anilines is 1. The molecule has 0 aromatic heterocycles. The topological polar surface area (TPSA) is 150 Å². The van der Waals surface area contributed by atoms with Crippen LogP contribution >= 0.6 is 11.8 Å². The molecule has 45 heavy (non-hydrogen) atoms. The van der Waals surface area contributed by atoms with E-state index in [1.807, 2.05) is 48.5 Å². The molecule has 0 spiro atoms. The van der Waals surface area contributed by atoms with Crippen molar-refractivity contribution in [1.82, 2.24) is 10.6 Å². The van der Waals surface area contributed by atoms with Gasteiger partial charge in [-0.2, -0.15) is 20.2 Å². The van der Waals surface area contributed by atoms with Crippen molar-refractivity contribution in [2.75, 3.05) is 10.7 Å². The molecule has 0 bridgehead atoms. The molecule has 10 nitrogen and oxygen atoms in total. The summed E-state index contributed by atoms with van der Waals surface area (Å²) in [6, 6.07) is 15.0. The zero-order chi connectivity index (χ0) is 32.0. The van der Waals surface area contributed by atoms with Crippen molar-refractivity contribution >= 4 is 51.1 Å². The number of ketones is 2. The SMILES string of the molecule is O=C(CCCC[C@@H]1SC[C@@H]2NC(=O)N[C@@H]21)CCC(C(=O)CCCC(=O)N1Cc2ccccc2C#Cc2ccccc21)S(=O)(=O)O. The lowest BCUT2D eigenvalue weighted by atomic mass is 10.00. The molecule has 12 heteroatoms. The van der Waals surface area contributed by atoms with Gasteiger partial charge in [-0.25, -0.2) is 4.79 Å². The summed E-state index contributed by atoms with van der Waals surface area (Å²) in [6.45, 7) is 0.304. The minimum Gasteiger partial charge on any atom is -0.332 e. The summed E-state index contributed by atoms with van der Waals surface area (Å²) < 4.78 is 33.9. The quantitative estimate of drug-likeness (QED) is 0.120. The number of nitrogens with zero attached hydrogens (tertiary/aromatic N) is 1. The Morgan fingerprint density at radius 1 is 0.933 bits per heavy atom. The maximum absolute atomic E-state index is 13.4. The molecule has 3 aliphatic rings. The molecule has 3 amide bonds. The third-order valence-electron chi connectivity index (χ3n) is 8.52. The first-order valence-corrected chi connectivity index (χ1v) is 17.8. The minimum absolute atomic E-state index is 0.00652. The van der Waals surface area contributed by atoms with Gasteiger partial charge in [0.2, 0.25) is 5.91 Å². The predicted molar refractivity (Wildman–Crippen MR) is 172 cm³/mol. The van der Waals surface area contributed by atoms with E-state index in [1.54, 1.807) is 16.7 Å². The van der Waals surface area contributed by atoms with Gasteiger partial charge in [0.15, 0.2) is 5.78 Å². The number of rotatable bonds is 14. The molecule has 0 radical (unpaired) electrons. The zero-order valence-corrected chi connectivity index (χ0v) is 26.5. The lowest BCUT2D eigenvalue weighted by Crippen LogP contribution is -2.36. The van der Waals surface area contributed by atoms with Gasteiger partial charge in [-0.05, 0) is 49.4 Å². The van der Waals surface area contributed by atoms with Crippen LogP contribution in [0.3, 0.4) is 0 Å². The Morgan fingerprint density at radius 3 is 2.47 bits per heavy atom. The van der Waals surface area contributed by atoms with E-state index < -0.39 is 21.2 Å². The number of benzene rings is 2. The van der Waals surface area contributed by atoms with Crippen LogP contribution in [0.2, 0.25) is 0 Å². The van der Waals surface area contributed by atoms with E-state index in [4.69, 9.17) is 0 Å². The molecule has 2 aromatic carbocycles. The van der Waals surface area contributed by atoms with Gasteiger partial charge >= 0.3 is 6.03 Å². The highest BCUT2D eigenvalue weighted by atomic mass is 32.2. The largest absolute Gasteiger partial charge is 0.332 e. The Balaban J connectivity index is 1.09. The predicted octanol–water partition coefficient (Wildman–Crippen LogP) is 4.00. The second kappa shape index (κ2) is 14.6. The average molecular weight is 652 g/mol. The van der Waals surface area contributed by atoms with E-state index in [9.17, 15) is 32.1 Å². The molecule has 1 unspecified atom stereocenters. The average Bonchev–Trinajstić information content (AvgIpc) is 3.55. The van der Waals surface area contributed by atoms with E-state index in [-0.39, 0.29) is 68.3 Å². The Hall–Kier alpha value is -3.66. The Labute approximate surface area is 267 Å². The first-order valence-electron chi connectivity index (χ1n) is 15.3. The monoisotopic (exact) mass is 651 g/mol. The molecule has 3 heterocycles. The van der Waals surface area contributed by atoms with Gasteiger partial charge in [-0.1, -0.05) is 48.6 Å². The van der Waals surface area contributed by atoms with Gasteiger partial charge in [-0.3, -0.25) is 18.9 Å². The molecule has 0 aliphatic carbocycles. The van der Waals surface area contributed by atoms with Gasteiger partial charge in [-0.15, -0.1) is 0 Å². The Kier molecular flexibility index (Phi) is 10.6. The van der Waals surface area contributed by atoms with E-state index in [2.05, 4.69) is 22.5 Å². The minimum atomic E-state index is -4.72. The second-order valence-corrected chi connectivity index (χ2v) is 14.5. The number of hydrogen-bond acceptors (Lipinski definition) is 7. The van der Waals surface area contributed by atoms with Gasteiger partial charge < -0.3 is 15.5 Å². The summed E-state index contributed by atoms with van der Waals surface area (Å²) in [4.78, 5) is 52.0. The molecule has 3 N–H and O–H groups in total. The van der Waals surface area contributed by atoms with Gasteiger partial charge in [0.1, 0.15) is 11.0 Å². The van der Waals surface area contributed by atoms with Crippen LogP contribution in [0, 0.1) is 11.8 Å². The zero-order valence-electron chi connectivity index (χ0n) is 24.9. The van der Waals surface area contributed by atoms with Crippen molar-refractivity contribution in [2.45, 2.75) is 86.9 Å². The number of carbonyl (C=O) groups excluding carboxylic acids is 4. The fourth-order valence-corrected chi connectivity index (χ4v) is 8.53. The third kappa shape index (κ3) is 8.34. The molecule has 0 saturated carbocycles. The van der Waals surface area contributed by atoms with Crippen LogP contribution in [0.5, 0.6) is 0 Å². The standard InChI is InChI=1S/C33H37N3O7S2/c37-25(11-4-6-14-29-32-26(21-44-29)34-33(40)35-32)18-19-30(45(41,42)43)28(38)13-7-15-31(39)36-20-24-10-2-1-8-22(24)16-17-23-9-3-5-12-27(23)36/h1-3,5,8-10,12,26,29-30,32H,4,6-7,11,13-15,18-21H2,(H2,34,35,40)(H,41,42,43)/t26-,29-,30?,32-/m0/s1. The van der Waals surface area contributed by atoms with Gasteiger partial charge in [0.25, 0.3) is 10.1 Å². The Bertz CT molecular complexity index is 1630. The molecule has 2 fully saturated rings. The van der Waals surface area contributed by atoms with Crippen LogP contribution in [0.25, 0.3) is 0 Å². The summed E-state index contributed by atoms with van der Waals surface area (Å²) in [7, 11) is -4.72. The summed E-state index contributed by atoms with van der Waals surface area (Å²) in [5.74, 6) is 6.06. The first kappa shape index (κ1) is 32.7. The molecule has 4 atom stereocenters. The van der Waals surface area contributed by atoms with Crippen molar-refractivity contribution in [1.29, 1.82) is 0 Å².